The van der Waals surface area contributed by atoms with Crippen molar-refractivity contribution in [1.29, 1.82) is 0 Å². The van der Waals surface area contributed by atoms with Gasteiger partial charge >= 0.3 is 6.18 Å². The highest BCUT2D eigenvalue weighted by Crippen LogP contribution is 2.40. The topological polar surface area (TPSA) is 52.5 Å². The van der Waals surface area contributed by atoms with E-state index in [1.54, 1.807) is 6.07 Å². The number of alkyl halides is 3. The molecule has 0 amide bonds. The van der Waals surface area contributed by atoms with Gasteiger partial charge < -0.3 is 15.5 Å². The molecule has 0 heterocycles. The molecular weight excluding hydrogens is 403 g/mol. The number of aromatic hydroxyl groups is 2. The molecule has 0 radical (unpaired) electrons. The quantitative estimate of drug-likeness (QED) is 0.314. The first-order chi connectivity index (χ1) is 14.8. The smallest absolute Gasteiger partial charge is 0.416 e. The van der Waals surface area contributed by atoms with E-state index < -0.39 is 17.5 Å². The van der Waals surface area contributed by atoms with Gasteiger partial charge in [-0.1, -0.05) is 48.5 Å². The Hall–Kier alpha value is -3.67. The number of aryl methyl sites for hydroxylation is 1. The molecule has 0 atom stereocenters. The first kappa shape index (κ1) is 20.6. The highest BCUT2D eigenvalue weighted by atomic mass is 19.4. The predicted molar refractivity (Wildman–Crippen MR) is 116 cm³/mol. The summed E-state index contributed by atoms with van der Waals surface area (Å²) in [4.78, 5) is 0. The number of phenols is 2. The maximum atomic E-state index is 12.8. The molecule has 0 aromatic heterocycles. The lowest BCUT2D eigenvalue weighted by Crippen LogP contribution is -2.06. The van der Waals surface area contributed by atoms with Gasteiger partial charge in [-0.2, -0.15) is 13.2 Å². The molecule has 0 saturated carbocycles. The summed E-state index contributed by atoms with van der Waals surface area (Å²) in [5.41, 5.74) is 2.61. The van der Waals surface area contributed by atoms with Gasteiger partial charge in [-0.3, -0.25) is 0 Å². The summed E-state index contributed by atoms with van der Waals surface area (Å²) in [6, 6.07) is 19.8. The number of rotatable bonds is 4. The van der Waals surface area contributed by atoms with Crippen LogP contribution in [0.1, 0.15) is 16.7 Å². The lowest BCUT2D eigenvalue weighted by molar-refractivity contribution is -0.137. The Morgan fingerprint density at radius 3 is 2.32 bits per heavy atom. The molecule has 6 heteroatoms. The number of fused-ring (bicyclic) bond motifs is 1. The van der Waals surface area contributed by atoms with Gasteiger partial charge in [0.05, 0.1) is 11.3 Å². The second kappa shape index (κ2) is 7.87. The van der Waals surface area contributed by atoms with Crippen LogP contribution in [-0.4, -0.2) is 10.2 Å². The van der Waals surface area contributed by atoms with Crippen molar-refractivity contribution in [3.63, 3.8) is 0 Å². The number of anilines is 1. The normalized spacial score (nSPS) is 11.6. The lowest BCUT2D eigenvalue weighted by atomic mass is 9.90. The summed E-state index contributed by atoms with van der Waals surface area (Å²) in [5.74, 6) is -0.330. The van der Waals surface area contributed by atoms with Crippen LogP contribution >= 0.6 is 0 Å². The van der Waals surface area contributed by atoms with Gasteiger partial charge in [0, 0.05) is 12.1 Å². The van der Waals surface area contributed by atoms with Crippen molar-refractivity contribution in [3.8, 4) is 22.6 Å². The van der Waals surface area contributed by atoms with E-state index in [0.717, 1.165) is 33.5 Å². The van der Waals surface area contributed by atoms with E-state index in [1.807, 2.05) is 55.5 Å². The van der Waals surface area contributed by atoms with E-state index in [4.69, 9.17) is 0 Å². The predicted octanol–water partition coefficient (Wildman–Crippen LogP) is 6.86. The molecule has 0 aliphatic carbocycles. The summed E-state index contributed by atoms with van der Waals surface area (Å²) >= 11 is 0. The van der Waals surface area contributed by atoms with Gasteiger partial charge in [-0.25, -0.2) is 0 Å². The fourth-order valence-corrected chi connectivity index (χ4v) is 3.80. The molecule has 4 aromatic rings. The van der Waals surface area contributed by atoms with Crippen LogP contribution in [0.4, 0.5) is 18.9 Å². The van der Waals surface area contributed by atoms with Gasteiger partial charge in [0.1, 0.15) is 11.5 Å². The average Bonchev–Trinajstić information content (AvgIpc) is 2.73. The van der Waals surface area contributed by atoms with Crippen LogP contribution in [0.15, 0.2) is 72.8 Å². The van der Waals surface area contributed by atoms with Crippen LogP contribution in [0.2, 0.25) is 0 Å². The Balaban J connectivity index is 1.74. The Morgan fingerprint density at radius 1 is 0.806 bits per heavy atom. The molecule has 158 valence electrons. The average molecular weight is 423 g/mol. The SMILES string of the molecule is Cc1cccc(CNc2ccc(C(F)(F)F)cc2O)c1-c1c(O)ccc2ccccc12. The third-order valence-electron chi connectivity index (χ3n) is 5.31. The molecule has 31 heavy (non-hydrogen) atoms. The molecule has 0 aliphatic heterocycles. The van der Waals surface area contributed by atoms with Crippen LogP contribution in [0, 0.1) is 6.92 Å². The van der Waals surface area contributed by atoms with Gasteiger partial charge in [0.15, 0.2) is 0 Å². The summed E-state index contributed by atoms with van der Waals surface area (Å²) in [7, 11) is 0. The van der Waals surface area contributed by atoms with Crippen molar-refractivity contribution >= 4 is 16.5 Å². The van der Waals surface area contributed by atoms with Crippen LogP contribution in [-0.2, 0) is 12.7 Å². The zero-order chi connectivity index (χ0) is 22.2. The Bertz CT molecular complexity index is 1270. The number of hydrogen-bond acceptors (Lipinski definition) is 3. The van der Waals surface area contributed by atoms with Crippen molar-refractivity contribution in [3.05, 3.63) is 89.5 Å². The zero-order valence-corrected chi connectivity index (χ0v) is 16.7. The molecule has 4 aromatic carbocycles. The number of benzene rings is 4. The Labute approximate surface area is 177 Å². The first-order valence-electron chi connectivity index (χ1n) is 9.69. The molecule has 0 saturated heterocycles. The van der Waals surface area contributed by atoms with E-state index in [2.05, 4.69) is 5.32 Å². The van der Waals surface area contributed by atoms with E-state index in [9.17, 15) is 23.4 Å². The zero-order valence-electron chi connectivity index (χ0n) is 16.7. The van der Waals surface area contributed by atoms with Crippen molar-refractivity contribution in [2.45, 2.75) is 19.6 Å². The van der Waals surface area contributed by atoms with Crippen LogP contribution < -0.4 is 5.32 Å². The standard InChI is InChI=1S/C25H20F3NO2/c1-15-5-4-7-17(14-29-20-11-10-18(13-22(20)31)25(26,27)28)23(15)24-19-8-3-2-6-16(19)9-12-21(24)30/h2-13,29-31H,14H2,1H3. The Kier molecular flexibility index (Phi) is 5.23. The molecule has 0 spiro atoms. The third-order valence-corrected chi connectivity index (χ3v) is 5.31. The van der Waals surface area contributed by atoms with Crippen LogP contribution in [0.3, 0.4) is 0 Å². The van der Waals surface area contributed by atoms with Crippen molar-refractivity contribution < 1.29 is 23.4 Å². The van der Waals surface area contributed by atoms with E-state index in [1.165, 1.54) is 6.07 Å². The number of hydrogen-bond donors (Lipinski definition) is 3. The fraction of sp³-hybridized carbons (Fsp3) is 0.120. The summed E-state index contributed by atoms with van der Waals surface area (Å²) < 4.78 is 38.5. The molecule has 0 bridgehead atoms. The first-order valence-corrected chi connectivity index (χ1v) is 9.69. The largest absolute Gasteiger partial charge is 0.507 e. The van der Waals surface area contributed by atoms with Gasteiger partial charge in [-0.15, -0.1) is 0 Å². The van der Waals surface area contributed by atoms with Crippen molar-refractivity contribution in [1.82, 2.24) is 0 Å². The minimum Gasteiger partial charge on any atom is -0.507 e. The molecular formula is C25H20F3NO2. The molecule has 0 aliphatic rings. The highest BCUT2D eigenvalue weighted by Gasteiger charge is 2.31. The number of phenolic OH excluding ortho intramolecular Hbond substituents is 2. The fourth-order valence-electron chi connectivity index (χ4n) is 3.80. The van der Waals surface area contributed by atoms with E-state index in [0.29, 0.717) is 11.6 Å². The summed E-state index contributed by atoms with van der Waals surface area (Å²) in [6.07, 6.45) is -4.52. The molecule has 3 nitrogen and oxygen atoms in total. The highest BCUT2D eigenvalue weighted by molar-refractivity contribution is 6.01. The van der Waals surface area contributed by atoms with Crippen molar-refractivity contribution in [2.75, 3.05) is 5.32 Å². The van der Waals surface area contributed by atoms with Gasteiger partial charge in [0.2, 0.25) is 0 Å². The maximum Gasteiger partial charge on any atom is 0.416 e. The van der Waals surface area contributed by atoms with Crippen molar-refractivity contribution in [2.24, 2.45) is 0 Å². The molecule has 0 unspecified atom stereocenters. The monoisotopic (exact) mass is 423 g/mol. The minimum absolute atomic E-state index is 0.145. The second-order valence-electron chi connectivity index (χ2n) is 7.37. The van der Waals surface area contributed by atoms with E-state index in [-0.39, 0.29) is 18.0 Å². The lowest BCUT2D eigenvalue weighted by Gasteiger charge is -2.18. The molecule has 3 N–H and O–H groups in total. The minimum atomic E-state index is -4.52. The second-order valence-corrected chi connectivity index (χ2v) is 7.37. The number of nitrogens with one attached hydrogen (secondary N) is 1. The summed E-state index contributed by atoms with van der Waals surface area (Å²) in [5, 5.41) is 25.6. The third kappa shape index (κ3) is 4.01. The van der Waals surface area contributed by atoms with Gasteiger partial charge in [0.25, 0.3) is 0 Å². The maximum absolute atomic E-state index is 12.8. The van der Waals surface area contributed by atoms with Gasteiger partial charge in [-0.05, 0) is 58.7 Å². The number of halogens is 3. The molecule has 4 rings (SSSR count). The van der Waals surface area contributed by atoms with Crippen LogP contribution in [0.25, 0.3) is 21.9 Å². The van der Waals surface area contributed by atoms with Crippen LogP contribution in [0.5, 0.6) is 11.5 Å². The summed E-state index contributed by atoms with van der Waals surface area (Å²) in [6.45, 7) is 2.19. The molecule has 0 fully saturated rings. The van der Waals surface area contributed by atoms with E-state index >= 15 is 0 Å². The Morgan fingerprint density at radius 2 is 1.58 bits per heavy atom.